The number of hydrogen-bond acceptors (Lipinski definition) is 4. The van der Waals surface area contributed by atoms with Crippen molar-refractivity contribution in [2.75, 3.05) is 12.5 Å². The molecule has 2 rings (SSSR count). The molecule has 1 amide bonds. The SMILES string of the molecule is CN(Cc1ccccc1)C(=O)c1ccc(NN)nc1. The summed E-state index contributed by atoms with van der Waals surface area (Å²) in [5.41, 5.74) is 4.05. The topological polar surface area (TPSA) is 71.2 Å². The first-order valence-corrected chi connectivity index (χ1v) is 5.93. The van der Waals surface area contributed by atoms with Gasteiger partial charge in [-0.3, -0.25) is 4.79 Å². The van der Waals surface area contributed by atoms with Crippen molar-refractivity contribution in [2.45, 2.75) is 6.54 Å². The molecule has 0 bridgehead atoms. The number of nitrogens with two attached hydrogens (primary N) is 1. The van der Waals surface area contributed by atoms with Gasteiger partial charge in [0.2, 0.25) is 0 Å². The van der Waals surface area contributed by atoms with Gasteiger partial charge in [-0.15, -0.1) is 0 Å². The van der Waals surface area contributed by atoms with E-state index in [0.717, 1.165) is 5.56 Å². The lowest BCUT2D eigenvalue weighted by atomic mass is 10.2. The first-order valence-electron chi connectivity index (χ1n) is 5.93. The molecule has 1 aromatic heterocycles. The van der Waals surface area contributed by atoms with E-state index < -0.39 is 0 Å². The van der Waals surface area contributed by atoms with Crippen LogP contribution >= 0.6 is 0 Å². The van der Waals surface area contributed by atoms with Gasteiger partial charge in [0.25, 0.3) is 5.91 Å². The third-order valence-electron chi connectivity index (χ3n) is 2.77. The molecule has 3 N–H and O–H groups in total. The number of aromatic nitrogens is 1. The summed E-state index contributed by atoms with van der Waals surface area (Å²) in [6, 6.07) is 13.2. The van der Waals surface area contributed by atoms with E-state index in [1.807, 2.05) is 30.3 Å². The molecular formula is C14H16N4O. The number of nitrogens with one attached hydrogen (secondary N) is 1. The Morgan fingerprint density at radius 3 is 2.58 bits per heavy atom. The fourth-order valence-electron chi connectivity index (χ4n) is 1.76. The van der Waals surface area contributed by atoms with Crippen LogP contribution in [-0.2, 0) is 6.54 Å². The summed E-state index contributed by atoms with van der Waals surface area (Å²) in [5.74, 6) is 5.69. The largest absolute Gasteiger partial charge is 0.337 e. The van der Waals surface area contributed by atoms with Crippen molar-refractivity contribution in [3.05, 3.63) is 59.8 Å². The Labute approximate surface area is 112 Å². The third kappa shape index (κ3) is 3.29. The van der Waals surface area contributed by atoms with E-state index in [2.05, 4.69) is 10.4 Å². The maximum Gasteiger partial charge on any atom is 0.255 e. The van der Waals surface area contributed by atoms with Crippen LogP contribution in [0.15, 0.2) is 48.7 Å². The predicted octanol–water partition coefficient (Wildman–Crippen LogP) is 1.64. The molecule has 0 fully saturated rings. The van der Waals surface area contributed by atoms with Gasteiger partial charge < -0.3 is 10.3 Å². The quantitative estimate of drug-likeness (QED) is 0.644. The number of nitrogen functional groups attached to an aromatic ring is 1. The summed E-state index contributed by atoms with van der Waals surface area (Å²) < 4.78 is 0. The average molecular weight is 256 g/mol. The highest BCUT2D eigenvalue weighted by molar-refractivity contribution is 5.93. The standard InChI is InChI=1S/C14H16N4O/c1-18(10-11-5-3-2-4-6-11)14(19)12-7-8-13(17-15)16-9-12/h2-9H,10,15H2,1H3,(H,16,17). The molecule has 0 radical (unpaired) electrons. The van der Waals surface area contributed by atoms with Crippen molar-refractivity contribution in [3.8, 4) is 0 Å². The van der Waals surface area contributed by atoms with E-state index >= 15 is 0 Å². The number of pyridine rings is 1. The zero-order valence-corrected chi connectivity index (χ0v) is 10.7. The van der Waals surface area contributed by atoms with Gasteiger partial charge in [-0.2, -0.15) is 0 Å². The maximum absolute atomic E-state index is 12.2. The molecule has 98 valence electrons. The molecule has 2 aromatic rings. The Balaban J connectivity index is 2.06. The minimum atomic E-state index is -0.0695. The maximum atomic E-state index is 12.2. The van der Waals surface area contributed by atoms with E-state index in [9.17, 15) is 4.79 Å². The van der Waals surface area contributed by atoms with Crippen molar-refractivity contribution in [1.29, 1.82) is 0 Å². The minimum absolute atomic E-state index is 0.0695. The Kier molecular flexibility index (Phi) is 4.10. The van der Waals surface area contributed by atoms with Crippen molar-refractivity contribution in [3.63, 3.8) is 0 Å². The lowest BCUT2D eigenvalue weighted by molar-refractivity contribution is 0.0784. The van der Waals surface area contributed by atoms with Crippen LogP contribution in [0, 0.1) is 0 Å². The van der Waals surface area contributed by atoms with Gasteiger partial charge in [-0.25, -0.2) is 10.8 Å². The predicted molar refractivity (Wildman–Crippen MR) is 74.3 cm³/mol. The van der Waals surface area contributed by atoms with Gasteiger partial charge in [0.1, 0.15) is 5.82 Å². The first-order chi connectivity index (χ1) is 9.20. The molecule has 0 aliphatic heterocycles. The number of hydrazine groups is 1. The minimum Gasteiger partial charge on any atom is -0.337 e. The molecule has 5 nitrogen and oxygen atoms in total. The van der Waals surface area contributed by atoms with Gasteiger partial charge in [0, 0.05) is 19.8 Å². The normalized spacial score (nSPS) is 10.0. The van der Waals surface area contributed by atoms with Crippen LogP contribution in [0.1, 0.15) is 15.9 Å². The second kappa shape index (κ2) is 5.97. The zero-order chi connectivity index (χ0) is 13.7. The van der Waals surface area contributed by atoms with Gasteiger partial charge in [-0.05, 0) is 17.7 Å². The van der Waals surface area contributed by atoms with E-state index in [-0.39, 0.29) is 5.91 Å². The smallest absolute Gasteiger partial charge is 0.255 e. The van der Waals surface area contributed by atoms with E-state index in [4.69, 9.17) is 5.84 Å². The van der Waals surface area contributed by atoms with E-state index in [0.29, 0.717) is 17.9 Å². The Bertz CT molecular complexity index is 539. The molecular weight excluding hydrogens is 240 g/mol. The summed E-state index contributed by atoms with van der Waals surface area (Å²) in [5, 5.41) is 0. The van der Waals surface area contributed by atoms with Crippen LogP contribution in [0.4, 0.5) is 5.82 Å². The number of hydrogen-bond donors (Lipinski definition) is 2. The molecule has 0 atom stereocenters. The average Bonchev–Trinajstić information content (AvgIpc) is 2.47. The molecule has 19 heavy (non-hydrogen) atoms. The van der Waals surface area contributed by atoms with Crippen molar-refractivity contribution < 1.29 is 4.79 Å². The lowest BCUT2D eigenvalue weighted by Gasteiger charge is -2.17. The van der Waals surface area contributed by atoms with Gasteiger partial charge >= 0.3 is 0 Å². The molecule has 1 heterocycles. The molecule has 0 aliphatic carbocycles. The Morgan fingerprint density at radius 2 is 2.00 bits per heavy atom. The third-order valence-corrected chi connectivity index (χ3v) is 2.77. The van der Waals surface area contributed by atoms with Crippen molar-refractivity contribution in [2.24, 2.45) is 5.84 Å². The summed E-state index contributed by atoms with van der Waals surface area (Å²) >= 11 is 0. The van der Waals surface area contributed by atoms with Crippen LogP contribution < -0.4 is 11.3 Å². The second-order valence-corrected chi connectivity index (χ2v) is 4.22. The fourth-order valence-corrected chi connectivity index (χ4v) is 1.76. The number of anilines is 1. The molecule has 0 saturated carbocycles. The summed E-state index contributed by atoms with van der Waals surface area (Å²) in [6.45, 7) is 0.566. The summed E-state index contributed by atoms with van der Waals surface area (Å²) in [6.07, 6.45) is 1.51. The van der Waals surface area contributed by atoms with E-state index in [1.54, 1.807) is 24.1 Å². The van der Waals surface area contributed by atoms with Crippen LogP contribution in [0.25, 0.3) is 0 Å². The molecule has 0 saturated heterocycles. The highest BCUT2D eigenvalue weighted by Crippen LogP contribution is 2.09. The molecule has 0 spiro atoms. The zero-order valence-electron chi connectivity index (χ0n) is 10.7. The number of carbonyl (C=O) groups is 1. The van der Waals surface area contributed by atoms with Crippen LogP contribution in [0.5, 0.6) is 0 Å². The van der Waals surface area contributed by atoms with Crippen molar-refractivity contribution in [1.82, 2.24) is 9.88 Å². The second-order valence-electron chi connectivity index (χ2n) is 4.22. The monoisotopic (exact) mass is 256 g/mol. The van der Waals surface area contributed by atoms with Crippen molar-refractivity contribution >= 4 is 11.7 Å². The molecule has 0 unspecified atom stereocenters. The van der Waals surface area contributed by atoms with E-state index in [1.165, 1.54) is 6.20 Å². The Morgan fingerprint density at radius 1 is 1.26 bits per heavy atom. The highest BCUT2D eigenvalue weighted by atomic mass is 16.2. The van der Waals surface area contributed by atoms with Gasteiger partial charge in [-0.1, -0.05) is 30.3 Å². The number of nitrogens with zero attached hydrogens (tertiary/aromatic N) is 2. The summed E-state index contributed by atoms with van der Waals surface area (Å²) in [7, 11) is 1.77. The van der Waals surface area contributed by atoms with Gasteiger partial charge in [0.15, 0.2) is 0 Å². The first kappa shape index (κ1) is 13.0. The Hall–Kier alpha value is -2.40. The van der Waals surface area contributed by atoms with Crippen LogP contribution in [0.2, 0.25) is 0 Å². The van der Waals surface area contributed by atoms with Gasteiger partial charge in [0.05, 0.1) is 5.56 Å². The van der Waals surface area contributed by atoms with Crippen LogP contribution in [0.3, 0.4) is 0 Å². The molecule has 0 aliphatic rings. The number of benzene rings is 1. The highest BCUT2D eigenvalue weighted by Gasteiger charge is 2.12. The fraction of sp³-hybridized carbons (Fsp3) is 0.143. The molecule has 5 heteroatoms. The van der Waals surface area contributed by atoms with Crippen LogP contribution in [-0.4, -0.2) is 22.8 Å². The number of carbonyl (C=O) groups excluding carboxylic acids is 1. The lowest BCUT2D eigenvalue weighted by Crippen LogP contribution is -2.26. The number of amides is 1. The molecule has 1 aromatic carbocycles. The summed E-state index contributed by atoms with van der Waals surface area (Å²) in [4.78, 5) is 17.9. The number of rotatable bonds is 4.